The van der Waals surface area contributed by atoms with E-state index in [-0.39, 0.29) is 23.9 Å². The number of benzene rings is 2. The van der Waals surface area contributed by atoms with E-state index >= 15 is 0 Å². The van der Waals surface area contributed by atoms with Crippen molar-refractivity contribution >= 4 is 37.5 Å². The molecule has 0 saturated heterocycles. The van der Waals surface area contributed by atoms with Gasteiger partial charge in [-0.3, -0.25) is 4.79 Å². The Hall–Kier alpha value is -1.90. The molecule has 0 fully saturated rings. The quantitative estimate of drug-likeness (QED) is 0.579. The maximum Gasteiger partial charge on any atom is 0.243 e. The number of likely N-dealkylation sites (N-methyl/N-ethyl adjacent to an activating group) is 1. The Kier molecular flexibility index (Phi) is 8.24. The minimum absolute atomic E-state index is 0.125. The molecule has 0 aliphatic carbocycles. The zero-order valence-electron chi connectivity index (χ0n) is 17.2. The zero-order valence-corrected chi connectivity index (χ0v) is 19.6. The molecule has 0 bridgehead atoms. The van der Waals surface area contributed by atoms with Crippen LogP contribution in [0.4, 0.5) is 5.69 Å². The van der Waals surface area contributed by atoms with E-state index < -0.39 is 10.0 Å². The summed E-state index contributed by atoms with van der Waals surface area (Å²) >= 11 is 3.50. The summed E-state index contributed by atoms with van der Waals surface area (Å²) in [6.45, 7) is 5.67. The van der Waals surface area contributed by atoms with Crippen LogP contribution in [0.3, 0.4) is 0 Å². The molecule has 0 atom stereocenters. The number of amides is 1. The zero-order chi connectivity index (χ0) is 21.6. The maximum atomic E-state index is 12.9. The first kappa shape index (κ1) is 23.4. The van der Waals surface area contributed by atoms with Crippen LogP contribution in [0.2, 0.25) is 0 Å². The van der Waals surface area contributed by atoms with Crippen molar-refractivity contribution in [1.82, 2.24) is 4.31 Å². The highest BCUT2D eigenvalue weighted by Gasteiger charge is 2.26. The van der Waals surface area contributed by atoms with Gasteiger partial charge in [-0.1, -0.05) is 36.7 Å². The van der Waals surface area contributed by atoms with Crippen LogP contribution in [-0.2, 0) is 27.7 Å². The number of anilines is 1. The average Bonchev–Trinajstić information content (AvgIpc) is 2.72. The van der Waals surface area contributed by atoms with Crippen molar-refractivity contribution in [3.05, 3.63) is 52.0 Å². The highest BCUT2D eigenvalue weighted by atomic mass is 79.9. The van der Waals surface area contributed by atoms with Crippen molar-refractivity contribution in [3.8, 4) is 5.75 Å². The topological polar surface area (TPSA) is 75.7 Å². The van der Waals surface area contributed by atoms with Gasteiger partial charge in [-0.2, -0.15) is 4.31 Å². The summed E-state index contributed by atoms with van der Waals surface area (Å²) in [5.74, 6) is 0.204. The lowest BCUT2D eigenvalue weighted by Gasteiger charge is -2.21. The van der Waals surface area contributed by atoms with Gasteiger partial charge in [0.05, 0.1) is 18.6 Å². The van der Waals surface area contributed by atoms with Crippen LogP contribution < -0.4 is 10.1 Å². The molecule has 2 rings (SSSR count). The number of ether oxygens (including phenoxy) is 1. The van der Waals surface area contributed by atoms with E-state index in [9.17, 15) is 13.2 Å². The number of nitrogens with zero attached hydrogens (tertiary/aromatic N) is 1. The lowest BCUT2D eigenvalue weighted by molar-refractivity contribution is -0.116. The molecule has 0 saturated carbocycles. The summed E-state index contributed by atoms with van der Waals surface area (Å²) in [5, 5.41) is 2.93. The van der Waals surface area contributed by atoms with Gasteiger partial charge >= 0.3 is 0 Å². The number of hydrogen-bond acceptors (Lipinski definition) is 4. The van der Waals surface area contributed by atoms with Crippen molar-refractivity contribution in [3.63, 3.8) is 0 Å². The number of nitrogens with one attached hydrogen (secondary N) is 1. The molecule has 29 heavy (non-hydrogen) atoms. The second-order valence-electron chi connectivity index (χ2n) is 6.46. The van der Waals surface area contributed by atoms with Gasteiger partial charge in [-0.25, -0.2) is 8.42 Å². The van der Waals surface area contributed by atoms with Crippen LogP contribution in [0, 0.1) is 0 Å². The lowest BCUT2D eigenvalue weighted by Crippen LogP contribution is -2.38. The molecule has 6 nitrogen and oxygen atoms in total. The molecule has 2 aromatic rings. The first-order valence-corrected chi connectivity index (χ1v) is 11.7. The van der Waals surface area contributed by atoms with Crippen molar-refractivity contribution in [2.24, 2.45) is 0 Å². The van der Waals surface area contributed by atoms with Crippen LogP contribution in [0.25, 0.3) is 0 Å². The summed E-state index contributed by atoms with van der Waals surface area (Å²) in [4.78, 5) is 12.9. The highest BCUT2D eigenvalue weighted by molar-refractivity contribution is 9.10. The van der Waals surface area contributed by atoms with E-state index in [1.54, 1.807) is 19.1 Å². The van der Waals surface area contributed by atoms with E-state index in [0.717, 1.165) is 34.1 Å². The van der Waals surface area contributed by atoms with Crippen LogP contribution in [0.1, 0.15) is 31.9 Å². The van der Waals surface area contributed by atoms with Crippen LogP contribution in [-0.4, -0.2) is 38.8 Å². The molecular weight excluding hydrogens is 456 g/mol. The third kappa shape index (κ3) is 5.58. The van der Waals surface area contributed by atoms with E-state index in [1.807, 2.05) is 26.0 Å². The minimum Gasteiger partial charge on any atom is -0.497 e. The largest absolute Gasteiger partial charge is 0.497 e. The van der Waals surface area contributed by atoms with Crippen LogP contribution in [0.15, 0.2) is 45.8 Å². The summed E-state index contributed by atoms with van der Waals surface area (Å²) in [7, 11) is -2.27. The number of rotatable bonds is 9. The molecule has 2 aromatic carbocycles. The summed E-state index contributed by atoms with van der Waals surface area (Å²) in [6.07, 6.45) is 1.51. The van der Waals surface area contributed by atoms with Crippen molar-refractivity contribution < 1.29 is 17.9 Å². The molecular formula is C21H27BrN2O4S. The molecule has 0 aliphatic rings. The predicted molar refractivity (Wildman–Crippen MR) is 119 cm³/mol. The monoisotopic (exact) mass is 482 g/mol. The molecule has 1 N–H and O–H groups in total. The third-order valence-corrected chi connectivity index (χ3v) is 7.06. The molecule has 0 spiro atoms. The van der Waals surface area contributed by atoms with Gasteiger partial charge in [-0.05, 0) is 60.4 Å². The van der Waals surface area contributed by atoms with Crippen LogP contribution in [0.5, 0.6) is 5.75 Å². The summed E-state index contributed by atoms with van der Waals surface area (Å²) in [6, 6.07) is 10.1. The van der Waals surface area contributed by atoms with Gasteiger partial charge in [0.15, 0.2) is 0 Å². The van der Waals surface area contributed by atoms with Gasteiger partial charge in [0, 0.05) is 16.7 Å². The van der Waals surface area contributed by atoms with Gasteiger partial charge in [0.1, 0.15) is 5.75 Å². The smallest absolute Gasteiger partial charge is 0.243 e. The fraction of sp³-hybridized carbons (Fsp3) is 0.381. The Bertz CT molecular complexity index is 934. The number of carbonyl (C=O) groups is 1. The summed E-state index contributed by atoms with van der Waals surface area (Å²) in [5.41, 5.74) is 2.78. The number of halogens is 1. The number of aryl methyl sites for hydroxylation is 2. The lowest BCUT2D eigenvalue weighted by atomic mass is 10.0. The molecule has 1 amide bonds. The van der Waals surface area contributed by atoms with Crippen molar-refractivity contribution in [2.75, 3.05) is 25.5 Å². The molecule has 0 aliphatic heterocycles. The Labute approximate surface area is 181 Å². The predicted octanol–water partition coefficient (Wildman–Crippen LogP) is 4.23. The minimum atomic E-state index is -3.79. The Morgan fingerprint density at radius 2 is 1.62 bits per heavy atom. The van der Waals surface area contributed by atoms with E-state index in [4.69, 9.17) is 4.74 Å². The Morgan fingerprint density at radius 3 is 2.07 bits per heavy atom. The first-order chi connectivity index (χ1) is 13.8. The van der Waals surface area contributed by atoms with Gasteiger partial charge < -0.3 is 10.1 Å². The molecule has 0 heterocycles. The second kappa shape index (κ2) is 10.2. The van der Waals surface area contributed by atoms with Gasteiger partial charge in [0.25, 0.3) is 0 Å². The normalized spacial score (nSPS) is 11.5. The van der Waals surface area contributed by atoms with E-state index in [1.165, 1.54) is 23.5 Å². The number of carbonyl (C=O) groups excluding carboxylic acids is 1. The summed E-state index contributed by atoms with van der Waals surface area (Å²) < 4.78 is 33.1. The van der Waals surface area contributed by atoms with E-state index in [2.05, 4.69) is 21.2 Å². The van der Waals surface area contributed by atoms with Crippen LogP contribution >= 0.6 is 15.9 Å². The fourth-order valence-corrected chi connectivity index (χ4v) is 5.00. The molecule has 0 unspecified atom stereocenters. The van der Waals surface area contributed by atoms with Gasteiger partial charge in [0.2, 0.25) is 15.9 Å². The third-order valence-electron chi connectivity index (χ3n) is 4.66. The van der Waals surface area contributed by atoms with Crippen molar-refractivity contribution in [1.29, 1.82) is 0 Å². The number of sulfonamides is 1. The van der Waals surface area contributed by atoms with E-state index in [0.29, 0.717) is 5.75 Å². The highest BCUT2D eigenvalue weighted by Crippen LogP contribution is 2.28. The number of hydrogen-bond donors (Lipinski definition) is 1. The molecule has 0 radical (unpaired) electrons. The fourth-order valence-electron chi connectivity index (χ4n) is 3.05. The Morgan fingerprint density at radius 1 is 1.07 bits per heavy atom. The molecule has 158 valence electrons. The number of methoxy groups -OCH3 is 1. The SMILES string of the molecule is CCc1cc(Br)cc(CC)c1NC(=O)CN(CC)S(=O)(=O)c1ccc(OC)cc1. The first-order valence-electron chi connectivity index (χ1n) is 9.52. The molecule has 8 heteroatoms. The van der Waals surface area contributed by atoms with Gasteiger partial charge in [-0.15, -0.1) is 0 Å². The molecule has 0 aromatic heterocycles. The average molecular weight is 483 g/mol. The maximum absolute atomic E-state index is 12.9. The standard InChI is InChI=1S/C21H27BrN2O4S/c1-5-15-12-17(22)13-16(6-2)21(15)23-20(25)14-24(7-3)29(26,27)19-10-8-18(28-4)9-11-19/h8-13H,5-7,14H2,1-4H3,(H,23,25). The van der Waals surface area contributed by atoms with Crippen molar-refractivity contribution in [2.45, 2.75) is 38.5 Å². The Balaban J connectivity index is 2.24. The second-order valence-corrected chi connectivity index (χ2v) is 9.31.